The lowest BCUT2D eigenvalue weighted by molar-refractivity contribution is 0.298. The van der Waals surface area contributed by atoms with Crippen LogP contribution < -0.4 is 0 Å². The number of thiol groups is 1. The molecule has 0 aliphatic rings. The highest BCUT2D eigenvalue weighted by Gasteiger charge is 1.92. The molecule has 0 aliphatic carbocycles. The van der Waals surface area contributed by atoms with Crippen LogP contribution in [0, 0.1) is 0 Å². The molecule has 0 amide bonds. The standard InChI is InChI=1S/C5H12O3S2/c6-10(7)8-4-2-1-3-5-9/h9H,1-5H2,(H,6,7). The molecule has 0 spiro atoms. The van der Waals surface area contributed by atoms with Crippen LogP contribution in [0.25, 0.3) is 0 Å². The second kappa shape index (κ2) is 7.53. The summed E-state index contributed by atoms with van der Waals surface area (Å²) in [6, 6.07) is 0. The Hall–Kier alpha value is 0.420. The fourth-order valence-corrected chi connectivity index (χ4v) is 1.00. The van der Waals surface area contributed by atoms with Crippen LogP contribution in [-0.2, 0) is 15.5 Å². The molecule has 0 rings (SSSR count). The first-order chi connectivity index (χ1) is 4.77. The van der Waals surface area contributed by atoms with Gasteiger partial charge in [-0.15, -0.1) is 0 Å². The average molecular weight is 184 g/mol. The molecule has 0 fully saturated rings. The van der Waals surface area contributed by atoms with E-state index in [-0.39, 0.29) is 0 Å². The van der Waals surface area contributed by atoms with Crippen molar-refractivity contribution >= 4 is 24.0 Å². The van der Waals surface area contributed by atoms with Crippen LogP contribution in [0.3, 0.4) is 0 Å². The minimum atomic E-state index is -2.09. The van der Waals surface area contributed by atoms with Gasteiger partial charge in [-0.05, 0) is 18.6 Å². The summed E-state index contributed by atoms with van der Waals surface area (Å²) in [5.74, 6) is 0.863. The zero-order chi connectivity index (χ0) is 7.82. The van der Waals surface area contributed by atoms with Crippen molar-refractivity contribution in [3.05, 3.63) is 0 Å². The Labute approximate surface area is 69.1 Å². The molecule has 1 unspecified atom stereocenters. The maximum Gasteiger partial charge on any atom is 0.301 e. The third-order valence-corrected chi connectivity index (χ3v) is 1.67. The predicted octanol–water partition coefficient (Wildman–Crippen LogP) is 1.24. The van der Waals surface area contributed by atoms with E-state index in [1.807, 2.05) is 0 Å². The highest BCUT2D eigenvalue weighted by atomic mass is 32.2. The summed E-state index contributed by atoms with van der Waals surface area (Å²) in [7, 11) is 0. The van der Waals surface area contributed by atoms with Crippen molar-refractivity contribution in [2.75, 3.05) is 12.4 Å². The Bertz CT molecular complexity index is 96.9. The zero-order valence-corrected chi connectivity index (χ0v) is 7.37. The molecular formula is C5H12O3S2. The fraction of sp³-hybridized carbons (Fsp3) is 1.00. The first-order valence-corrected chi connectivity index (χ1v) is 4.79. The van der Waals surface area contributed by atoms with Gasteiger partial charge in [0.05, 0.1) is 6.61 Å². The van der Waals surface area contributed by atoms with E-state index in [0.717, 1.165) is 25.0 Å². The second-order valence-electron chi connectivity index (χ2n) is 1.82. The van der Waals surface area contributed by atoms with Gasteiger partial charge in [0.25, 0.3) is 0 Å². The van der Waals surface area contributed by atoms with Crippen LogP contribution in [0.2, 0.25) is 0 Å². The third-order valence-electron chi connectivity index (χ3n) is 0.987. The number of unbranched alkanes of at least 4 members (excludes halogenated alkanes) is 2. The van der Waals surface area contributed by atoms with Gasteiger partial charge in [-0.2, -0.15) is 16.8 Å². The molecule has 1 N–H and O–H groups in total. The lowest BCUT2D eigenvalue weighted by atomic mass is 10.3. The second-order valence-corrected chi connectivity index (χ2v) is 2.94. The molecule has 0 saturated carbocycles. The van der Waals surface area contributed by atoms with Crippen molar-refractivity contribution < 1.29 is 12.9 Å². The first-order valence-electron chi connectivity index (χ1n) is 3.12. The zero-order valence-electron chi connectivity index (χ0n) is 5.65. The summed E-state index contributed by atoms with van der Waals surface area (Å²) in [5.41, 5.74) is 0. The van der Waals surface area contributed by atoms with Gasteiger partial charge < -0.3 is 0 Å². The Balaban J connectivity index is 2.84. The van der Waals surface area contributed by atoms with Crippen molar-refractivity contribution in [2.24, 2.45) is 0 Å². The summed E-state index contributed by atoms with van der Waals surface area (Å²) in [6.07, 6.45) is 2.86. The van der Waals surface area contributed by atoms with Crippen molar-refractivity contribution in [1.82, 2.24) is 0 Å². The van der Waals surface area contributed by atoms with Gasteiger partial charge >= 0.3 is 11.4 Å². The van der Waals surface area contributed by atoms with E-state index < -0.39 is 11.4 Å². The normalized spacial score (nSPS) is 13.4. The Morgan fingerprint density at radius 3 is 2.60 bits per heavy atom. The summed E-state index contributed by atoms with van der Waals surface area (Å²) in [4.78, 5) is 0. The van der Waals surface area contributed by atoms with E-state index in [1.54, 1.807) is 0 Å². The van der Waals surface area contributed by atoms with Crippen molar-refractivity contribution in [2.45, 2.75) is 19.3 Å². The molecule has 0 aliphatic heterocycles. The van der Waals surface area contributed by atoms with E-state index in [4.69, 9.17) is 4.55 Å². The van der Waals surface area contributed by atoms with Crippen molar-refractivity contribution in [3.63, 3.8) is 0 Å². The molecule has 3 nitrogen and oxygen atoms in total. The topological polar surface area (TPSA) is 46.5 Å². The number of rotatable bonds is 6. The molecule has 10 heavy (non-hydrogen) atoms. The maximum absolute atomic E-state index is 9.91. The molecule has 0 heterocycles. The predicted molar refractivity (Wildman–Crippen MR) is 44.4 cm³/mol. The summed E-state index contributed by atoms with van der Waals surface area (Å²) < 4.78 is 22.4. The van der Waals surface area contributed by atoms with Crippen LogP contribution in [0.15, 0.2) is 0 Å². The quantitative estimate of drug-likeness (QED) is 0.371. The lowest BCUT2D eigenvalue weighted by Gasteiger charge is -1.96. The number of hydrogen-bond donors (Lipinski definition) is 2. The summed E-state index contributed by atoms with van der Waals surface area (Å²) in [6.45, 7) is 0.358. The molecule has 0 radical (unpaired) electrons. The third kappa shape index (κ3) is 8.42. The van der Waals surface area contributed by atoms with Gasteiger partial charge in [0.1, 0.15) is 0 Å². The minimum Gasteiger partial charge on any atom is -0.284 e. The molecule has 0 aromatic carbocycles. The molecule has 0 bridgehead atoms. The first kappa shape index (κ1) is 10.4. The van der Waals surface area contributed by atoms with Gasteiger partial charge in [-0.25, -0.2) is 0 Å². The lowest BCUT2D eigenvalue weighted by Crippen LogP contribution is -1.97. The highest BCUT2D eigenvalue weighted by molar-refractivity contribution is 7.80. The molecule has 0 aromatic rings. The van der Waals surface area contributed by atoms with E-state index in [0.29, 0.717) is 6.61 Å². The largest absolute Gasteiger partial charge is 0.301 e. The van der Waals surface area contributed by atoms with Crippen LogP contribution in [0.4, 0.5) is 0 Å². The molecule has 5 heteroatoms. The van der Waals surface area contributed by atoms with Crippen LogP contribution in [0.5, 0.6) is 0 Å². The van der Waals surface area contributed by atoms with E-state index >= 15 is 0 Å². The smallest absolute Gasteiger partial charge is 0.284 e. The van der Waals surface area contributed by atoms with E-state index in [2.05, 4.69) is 16.8 Å². The Kier molecular flexibility index (Phi) is 7.84. The van der Waals surface area contributed by atoms with Crippen LogP contribution >= 0.6 is 12.6 Å². The average Bonchev–Trinajstić information content (AvgIpc) is 1.87. The van der Waals surface area contributed by atoms with Gasteiger partial charge in [0.2, 0.25) is 0 Å². The van der Waals surface area contributed by atoms with Crippen LogP contribution in [-0.4, -0.2) is 21.1 Å². The van der Waals surface area contributed by atoms with Gasteiger partial charge in [0.15, 0.2) is 0 Å². The molecule has 0 aromatic heterocycles. The molecular weight excluding hydrogens is 172 g/mol. The molecule has 0 saturated heterocycles. The number of hydrogen-bond acceptors (Lipinski definition) is 3. The van der Waals surface area contributed by atoms with Gasteiger partial charge in [-0.1, -0.05) is 6.42 Å². The monoisotopic (exact) mass is 184 g/mol. The maximum atomic E-state index is 9.91. The SMILES string of the molecule is O=S(O)OCCCCCS. The highest BCUT2D eigenvalue weighted by Crippen LogP contribution is 1.97. The molecule has 1 atom stereocenters. The van der Waals surface area contributed by atoms with Gasteiger partial charge in [0, 0.05) is 0 Å². The molecule has 62 valence electrons. The van der Waals surface area contributed by atoms with E-state index in [9.17, 15) is 4.21 Å². The minimum absolute atomic E-state index is 0.358. The van der Waals surface area contributed by atoms with E-state index in [1.165, 1.54) is 0 Å². The van der Waals surface area contributed by atoms with Crippen molar-refractivity contribution in [1.29, 1.82) is 0 Å². The Morgan fingerprint density at radius 2 is 2.10 bits per heavy atom. The van der Waals surface area contributed by atoms with Crippen molar-refractivity contribution in [3.8, 4) is 0 Å². The Morgan fingerprint density at radius 1 is 1.40 bits per heavy atom. The van der Waals surface area contributed by atoms with Gasteiger partial charge in [-0.3, -0.25) is 8.74 Å². The fourth-order valence-electron chi connectivity index (χ4n) is 0.521. The van der Waals surface area contributed by atoms with Crippen LogP contribution in [0.1, 0.15) is 19.3 Å². The summed E-state index contributed by atoms with van der Waals surface area (Å²) in [5, 5.41) is 0. The summed E-state index contributed by atoms with van der Waals surface area (Å²) >= 11 is 1.92.